The van der Waals surface area contributed by atoms with Crippen LogP contribution in [0.5, 0.6) is 0 Å². The van der Waals surface area contributed by atoms with Gasteiger partial charge in [-0.1, -0.05) is 23.7 Å². The standard InChI is InChI=1S/C15H19ClN6O/c1-22(2)11-9-14(21-19-10-11)17-7-8-18-15(23)20-13-6-4-3-5-12(13)16/h3-6,9-10H,7-8H2,1-2H3,(H,17,21)(H2,18,20,23). The zero-order valence-electron chi connectivity index (χ0n) is 13.0. The molecule has 0 unspecified atom stereocenters. The van der Waals surface area contributed by atoms with E-state index in [1.54, 1.807) is 30.5 Å². The smallest absolute Gasteiger partial charge is 0.319 e. The largest absolute Gasteiger partial charge is 0.376 e. The molecule has 2 aromatic rings. The summed E-state index contributed by atoms with van der Waals surface area (Å²) >= 11 is 5.98. The lowest BCUT2D eigenvalue weighted by molar-refractivity contribution is 0.252. The average molecular weight is 335 g/mol. The summed E-state index contributed by atoms with van der Waals surface area (Å²) in [6.07, 6.45) is 1.68. The van der Waals surface area contributed by atoms with Crippen molar-refractivity contribution in [2.45, 2.75) is 0 Å². The topological polar surface area (TPSA) is 82.2 Å². The normalized spacial score (nSPS) is 10.0. The minimum atomic E-state index is -0.312. The second-order valence-electron chi connectivity index (χ2n) is 4.98. The fourth-order valence-corrected chi connectivity index (χ4v) is 1.97. The molecule has 1 heterocycles. The van der Waals surface area contributed by atoms with Gasteiger partial charge in [-0.05, 0) is 12.1 Å². The van der Waals surface area contributed by atoms with Crippen molar-refractivity contribution in [3.05, 3.63) is 41.6 Å². The van der Waals surface area contributed by atoms with Crippen molar-refractivity contribution >= 4 is 34.8 Å². The number of aromatic nitrogens is 2. The van der Waals surface area contributed by atoms with Crippen LogP contribution >= 0.6 is 11.6 Å². The predicted octanol–water partition coefficient (Wildman–Crippen LogP) is 2.43. The zero-order chi connectivity index (χ0) is 16.7. The molecule has 0 bridgehead atoms. The van der Waals surface area contributed by atoms with Crippen molar-refractivity contribution in [2.24, 2.45) is 0 Å². The van der Waals surface area contributed by atoms with Crippen molar-refractivity contribution in [3.63, 3.8) is 0 Å². The number of urea groups is 1. The Balaban J connectivity index is 1.74. The number of nitrogens with one attached hydrogen (secondary N) is 3. The number of hydrogen-bond acceptors (Lipinski definition) is 5. The van der Waals surface area contributed by atoms with Gasteiger partial charge in [-0.3, -0.25) is 0 Å². The number of carbonyl (C=O) groups excluding carboxylic acids is 1. The Bertz CT molecular complexity index is 664. The van der Waals surface area contributed by atoms with Crippen molar-refractivity contribution < 1.29 is 4.79 Å². The molecule has 2 rings (SSSR count). The SMILES string of the molecule is CN(C)c1cnnc(NCCNC(=O)Nc2ccccc2Cl)c1. The summed E-state index contributed by atoms with van der Waals surface area (Å²) in [5, 5.41) is 16.9. The Morgan fingerprint density at radius 2 is 2.04 bits per heavy atom. The van der Waals surface area contributed by atoms with Crippen LogP contribution in [0.2, 0.25) is 5.02 Å². The highest BCUT2D eigenvalue weighted by molar-refractivity contribution is 6.33. The zero-order valence-corrected chi connectivity index (χ0v) is 13.8. The summed E-state index contributed by atoms with van der Waals surface area (Å²) in [5.41, 5.74) is 1.52. The van der Waals surface area contributed by atoms with Gasteiger partial charge in [0.25, 0.3) is 0 Å². The van der Waals surface area contributed by atoms with E-state index < -0.39 is 0 Å². The Morgan fingerprint density at radius 3 is 2.78 bits per heavy atom. The number of benzene rings is 1. The predicted molar refractivity (Wildman–Crippen MR) is 93.3 cm³/mol. The second kappa shape index (κ2) is 8.19. The molecule has 122 valence electrons. The number of halogens is 1. The first-order valence-corrected chi connectivity index (χ1v) is 7.47. The maximum atomic E-state index is 11.8. The Hall–Kier alpha value is -2.54. The number of hydrogen-bond donors (Lipinski definition) is 3. The molecule has 8 heteroatoms. The molecule has 1 aromatic heterocycles. The van der Waals surface area contributed by atoms with Gasteiger partial charge in [0, 0.05) is 33.3 Å². The number of para-hydroxylation sites is 1. The first-order valence-electron chi connectivity index (χ1n) is 7.09. The summed E-state index contributed by atoms with van der Waals surface area (Å²) in [6.45, 7) is 0.964. The second-order valence-corrected chi connectivity index (χ2v) is 5.39. The molecular formula is C15H19ClN6O. The van der Waals surface area contributed by atoms with Gasteiger partial charge in [0.05, 0.1) is 22.6 Å². The van der Waals surface area contributed by atoms with Crippen LogP contribution in [0.15, 0.2) is 36.5 Å². The van der Waals surface area contributed by atoms with E-state index in [9.17, 15) is 4.79 Å². The molecule has 0 saturated heterocycles. The Labute approximate surface area is 140 Å². The molecule has 0 aliphatic carbocycles. The molecule has 23 heavy (non-hydrogen) atoms. The van der Waals surface area contributed by atoms with Crippen LogP contribution in [0.3, 0.4) is 0 Å². The van der Waals surface area contributed by atoms with Crippen LogP contribution in [0.1, 0.15) is 0 Å². The highest BCUT2D eigenvalue weighted by atomic mass is 35.5. The van der Waals surface area contributed by atoms with Gasteiger partial charge < -0.3 is 20.9 Å². The van der Waals surface area contributed by atoms with E-state index in [4.69, 9.17) is 11.6 Å². The highest BCUT2D eigenvalue weighted by Crippen LogP contribution is 2.20. The molecule has 3 N–H and O–H groups in total. The van der Waals surface area contributed by atoms with Crippen molar-refractivity contribution in [2.75, 3.05) is 42.7 Å². The van der Waals surface area contributed by atoms with Crippen LogP contribution in [0, 0.1) is 0 Å². The van der Waals surface area contributed by atoms with Crippen molar-refractivity contribution in [3.8, 4) is 0 Å². The van der Waals surface area contributed by atoms with Gasteiger partial charge in [-0.25, -0.2) is 4.79 Å². The van der Waals surface area contributed by atoms with E-state index in [1.807, 2.05) is 25.1 Å². The molecule has 0 saturated carbocycles. The number of anilines is 3. The minimum Gasteiger partial charge on any atom is -0.376 e. The van der Waals surface area contributed by atoms with Crippen LogP contribution in [-0.2, 0) is 0 Å². The van der Waals surface area contributed by atoms with E-state index in [-0.39, 0.29) is 6.03 Å². The van der Waals surface area contributed by atoms with Gasteiger partial charge in [0.1, 0.15) is 0 Å². The molecular weight excluding hydrogens is 316 g/mol. The van der Waals surface area contributed by atoms with Gasteiger partial charge in [0.15, 0.2) is 5.82 Å². The van der Waals surface area contributed by atoms with Gasteiger partial charge in [-0.15, -0.1) is 5.10 Å². The lowest BCUT2D eigenvalue weighted by atomic mass is 10.3. The van der Waals surface area contributed by atoms with Crippen LogP contribution < -0.4 is 20.9 Å². The summed E-state index contributed by atoms with van der Waals surface area (Å²) in [6, 6.07) is 8.64. The summed E-state index contributed by atoms with van der Waals surface area (Å²) in [5.74, 6) is 0.657. The summed E-state index contributed by atoms with van der Waals surface area (Å²) < 4.78 is 0. The highest BCUT2D eigenvalue weighted by Gasteiger charge is 2.04. The fourth-order valence-electron chi connectivity index (χ4n) is 1.78. The molecule has 0 aliphatic heterocycles. The Morgan fingerprint density at radius 1 is 1.26 bits per heavy atom. The number of nitrogens with zero attached hydrogens (tertiary/aromatic N) is 3. The van der Waals surface area contributed by atoms with Crippen molar-refractivity contribution in [1.82, 2.24) is 15.5 Å². The van der Waals surface area contributed by atoms with Crippen LogP contribution in [0.25, 0.3) is 0 Å². The molecule has 0 aliphatic rings. The molecule has 0 spiro atoms. The lowest BCUT2D eigenvalue weighted by Crippen LogP contribution is -2.32. The van der Waals surface area contributed by atoms with Gasteiger partial charge in [-0.2, -0.15) is 5.10 Å². The maximum absolute atomic E-state index is 11.8. The average Bonchev–Trinajstić information content (AvgIpc) is 2.54. The summed E-state index contributed by atoms with van der Waals surface area (Å²) in [7, 11) is 3.86. The quantitative estimate of drug-likeness (QED) is 0.707. The molecule has 7 nitrogen and oxygen atoms in total. The molecule has 2 amide bonds. The first-order chi connectivity index (χ1) is 11.1. The lowest BCUT2D eigenvalue weighted by Gasteiger charge is -2.13. The third kappa shape index (κ3) is 5.30. The number of rotatable bonds is 6. The molecule has 1 aromatic carbocycles. The van der Waals surface area contributed by atoms with Crippen LogP contribution in [0.4, 0.5) is 22.0 Å². The van der Waals surface area contributed by atoms with E-state index in [0.717, 1.165) is 5.69 Å². The van der Waals surface area contributed by atoms with Crippen LogP contribution in [-0.4, -0.2) is 43.4 Å². The van der Waals surface area contributed by atoms with Gasteiger partial charge in [0.2, 0.25) is 0 Å². The van der Waals surface area contributed by atoms with E-state index in [1.165, 1.54) is 0 Å². The Kier molecular flexibility index (Phi) is 5.99. The molecule has 0 radical (unpaired) electrons. The summed E-state index contributed by atoms with van der Waals surface area (Å²) in [4.78, 5) is 13.7. The molecule has 0 fully saturated rings. The minimum absolute atomic E-state index is 0.312. The van der Waals surface area contributed by atoms with E-state index in [2.05, 4.69) is 26.1 Å². The number of carbonyl (C=O) groups is 1. The third-order valence-electron chi connectivity index (χ3n) is 3.00. The number of amides is 2. The maximum Gasteiger partial charge on any atom is 0.319 e. The molecule has 0 atom stereocenters. The van der Waals surface area contributed by atoms with Gasteiger partial charge >= 0.3 is 6.03 Å². The third-order valence-corrected chi connectivity index (χ3v) is 3.32. The monoisotopic (exact) mass is 334 g/mol. The van der Waals surface area contributed by atoms with E-state index >= 15 is 0 Å². The fraction of sp³-hybridized carbons (Fsp3) is 0.267. The first kappa shape index (κ1) is 16.8. The van der Waals surface area contributed by atoms with Crippen molar-refractivity contribution in [1.29, 1.82) is 0 Å². The van der Waals surface area contributed by atoms with E-state index in [0.29, 0.717) is 29.6 Å².